The van der Waals surface area contributed by atoms with Crippen molar-refractivity contribution in [2.45, 2.75) is 13.3 Å². The third-order valence-corrected chi connectivity index (χ3v) is 4.05. The molecule has 0 N–H and O–H groups in total. The van der Waals surface area contributed by atoms with Gasteiger partial charge in [-0.1, -0.05) is 31.2 Å². The molecule has 2 nitrogen and oxygen atoms in total. The Morgan fingerprint density at radius 3 is 2.09 bits per heavy atom. The van der Waals surface area contributed by atoms with Gasteiger partial charge in [-0.3, -0.25) is 0 Å². The first-order valence-electron chi connectivity index (χ1n) is 7.50. The first kappa shape index (κ1) is 14.5. The van der Waals surface area contributed by atoms with Crippen LogP contribution >= 0.6 is 0 Å². The Labute approximate surface area is 131 Å². The van der Waals surface area contributed by atoms with Gasteiger partial charge in [-0.15, -0.1) is 0 Å². The third kappa shape index (κ3) is 2.64. The van der Waals surface area contributed by atoms with Gasteiger partial charge in [0.1, 0.15) is 11.5 Å². The van der Waals surface area contributed by atoms with Gasteiger partial charge in [-0.25, -0.2) is 0 Å². The summed E-state index contributed by atoms with van der Waals surface area (Å²) in [6.07, 6.45) is 0.979. The number of rotatable bonds is 4. The lowest BCUT2D eigenvalue weighted by atomic mass is 9.95. The molecule has 0 aliphatic carbocycles. The maximum Gasteiger partial charge on any atom is 0.119 e. The van der Waals surface area contributed by atoms with Crippen LogP contribution in [0.25, 0.3) is 21.9 Å². The second-order valence-corrected chi connectivity index (χ2v) is 5.30. The van der Waals surface area contributed by atoms with E-state index in [4.69, 9.17) is 9.47 Å². The summed E-state index contributed by atoms with van der Waals surface area (Å²) in [5, 5.41) is 2.41. The minimum Gasteiger partial charge on any atom is -0.497 e. The normalized spacial score (nSPS) is 10.7. The second kappa shape index (κ2) is 6.10. The highest BCUT2D eigenvalue weighted by atomic mass is 16.5. The molecule has 0 radical (unpaired) electrons. The Balaban J connectivity index is 2.10. The summed E-state index contributed by atoms with van der Waals surface area (Å²) in [4.78, 5) is 0. The molecule has 112 valence electrons. The van der Waals surface area contributed by atoms with Crippen LogP contribution in [0.5, 0.6) is 11.5 Å². The molecule has 0 heterocycles. The smallest absolute Gasteiger partial charge is 0.119 e. The summed E-state index contributed by atoms with van der Waals surface area (Å²) in [6.45, 7) is 2.17. The second-order valence-electron chi connectivity index (χ2n) is 5.30. The number of ether oxygens (including phenoxy) is 2. The number of aryl methyl sites for hydroxylation is 1. The Hall–Kier alpha value is -2.48. The van der Waals surface area contributed by atoms with Crippen LogP contribution in [-0.4, -0.2) is 14.2 Å². The molecule has 0 atom stereocenters. The fourth-order valence-electron chi connectivity index (χ4n) is 2.79. The van der Waals surface area contributed by atoms with Crippen LogP contribution in [0.1, 0.15) is 12.5 Å². The van der Waals surface area contributed by atoms with Gasteiger partial charge in [0.15, 0.2) is 0 Å². The highest BCUT2D eigenvalue weighted by Gasteiger charge is 2.07. The van der Waals surface area contributed by atoms with Crippen LogP contribution in [-0.2, 0) is 6.42 Å². The topological polar surface area (TPSA) is 18.5 Å². The van der Waals surface area contributed by atoms with Crippen LogP contribution in [0.2, 0.25) is 0 Å². The predicted octanol–water partition coefficient (Wildman–Crippen LogP) is 5.09. The predicted molar refractivity (Wildman–Crippen MR) is 91.9 cm³/mol. The molecular weight excluding hydrogens is 272 g/mol. The minimum absolute atomic E-state index is 0.888. The van der Waals surface area contributed by atoms with E-state index in [0.29, 0.717) is 0 Å². The number of benzene rings is 3. The fourth-order valence-corrected chi connectivity index (χ4v) is 2.79. The van der Waals surface area contributed by atoms with E-state index in [1.807, 2.05) is 12.1 Å². The van der Waals surface area contributed by atoms with Crippen molar-refractivity contribution >= 4 is 10.8 Å². The maximum absolute atomic E-state index is 5.33. The fraction of sp³-hybridized carbons (Fsp3) is 0.200. The van der Waals surface area contributed by atoms with Gasteiger partial charge < -0.3 is 9.47 Å². The molecule has 3 aromatic rings. The highest BCUT2D eigenvalue weighted by molar-refractivity contribution is 5.89. The zero-order valence-corrected chi connectivity index (χ0v) is 13.2. The van der Waals surface area contributed by atoms with Crippen molar-refractivity contribution in [2.24, 2.45) is 0 Å². The minimum atomic E-state index is 0.888. The third-order valence-electron chi connectivity index (χ3n) is 4.05. The molecule has 22 heavy (non-hydrogen) atoms. The van der Waals surface area contributed by atoms with E-state index >= 15 is 0 Å². The van der Waals surface area contributed by atoms with Gasteiger partial charge in [-0.2, -0.15) is 0 Å². The van der Waals surface area contributed by atoms with Gasteiger partial charge in [0.25, 0.3) is 0 Å². The summed E-state index contributed by atoms with van der Waals surface area (Å²) >= 11 is 0. The van der Waals surface area contributed by atoms with E-state index in [-0.39, 0.29) is 0 Å². The van der Waals surface area contributed by atoms with Crippen molar-refractivity contribution in [3.05, 3.63) is 60.2 Å². The standard InChI is InChI=1S/C20H20O2/c1-4-14-12-19(22-3)9-10-20(14)17-6-5-16-13-18(21-2)8-7-15(16)11-17/h5-13H,4H2,1-3H3. The first-order chi connectivity index (χ1) is 10.7. The summed E-state index contributed by atoms with van der Waals surface area (Å²) in [7, 11) is 3.40. The SMILES string of the molecule is CCc1cc(OC)ccc1-c1ccc2cc(OC)ccc2c1. The number of hydrogen-bond donors (Lipinski definition) is 0. The van der Waals surface area contributed by atoms with Crippen molar-refractivity contribution in [3.8, 4) is 22.6 Å². The number of hydrogen-bond acceptors (Lipinski definition) is 2. The van der Waals surface area contributed by atoms with E-state index in [9.17, 15) is 0 Å². The van der Waals surface area contributed by atoms with Crippen molar-refractivity contribution in [2.75, 3.05) is 14.2 Å². The van der Waals surface area contributed by atoms with Gasteiger partial charge >= 0.3 is 0 Å². The Morgan fingerprint density at radius 1 is 0.727 bits per heavy atom. The Bertz CT molecular complexity index is 806. The van der Waals surface area contributed by atoms with Crippen molar-refractivity contribution in [1.82, 2.24) is 0 Å². The molecule has 0 saturated carbocycles. The quantitative estimate of drug-likeness (QED) is 0.667. The summed E-state index contributed by atoms with van der Waals surface area (Å²) in [5.74, 6) is 1.80. The van der Waals surface area contributed by atoms with E-state index in [2.05, 4.69) is 49.4 Å². The lowest BCUT2D eigenvalue weighted by Crippen LogP contribution is -1.91. The maximum atomic E-state index is 5.33. The molecule has 0 unspecified atom stereocenters. The lowest BCUT2D eigenvalue weighted by Gasteiger charge is -2.11. The first-order valence-corrected chi connectivity index (χ1v) is 7.50. The molecule has 2 heteroatoms. The van der Waals surface area contributed by atoms with Crippen molar-refractivity contribution in [1.29, 1.82) is 0 Å². The zero-order chi connectivity index (χ0) is 15.5. The summed E-state index contributed by atoms with van der Waals surface area (Å²) < 4.78 is 10.6. The molecular formula is C20H20O2. The Kier molecular flexibility index (Phi) is 4.01. The van der Waals surface area contributed by atoms with E-state index in [1.54, 1.807) is 14.2 Å². The van der Waals surface area contributed by atoms with Crippen LogP contribution in [0.4, 0.5) is 0 Å². The molecule has 3 rings (SSSR count). The van der Waals surface area contributed by atoms with E-state index < -0.39 is 0 Å². The van der Waals surface area contributed by atoms with Gasteiger partial charge in [0.2, 0.25) is 0 Å². The van der Waals surface area contributed by atoms with Gasteiger partial charge in [0.05, 0.1) is 14.2 Å². The van der Waals surface area contributed by atoms with Crippen LogP contribution in [0.3, 0.4) is 0 Å². The molecule has 0 aliphatic rings. The van der Waals surface area contributed by atoms with E-state index in [1.165, 1.54) is 27.5 Å². The zero-order valence-electron chi connectivity index (χ0n) is 13.2. The molecule has 0 amide bonds. The molecule has 0 spiro atoms. The molecule has 0 aliphatic heterocycles. The number of methoxy groups -OCH3 is 2. The van der Waals surface area contributed by atoms with Gasteiger partial charge in [0, 0.05) is 0 Å². The highest BCUT2D eigenvalue weighted by Crippen LogP contribution is 2.31. The van der Waals surface area contributed by atoms with Crippen LogP contribution in [0.15, 0.2) is 54.6 Å². The summed E-state index contributed by atoms with van der Waals surface area (Å²) in [6, 6.07) is 19.0. The average Bonchev–Trinajstić information content (AvgIpc) is 2.60. The van der Waals surface area contributed by atoms with Gasteiger partial charge in [-0.05, 0) is 64.2 Å². The lowest BCUT2D eigenvalue weighted by molar-refractivity contribution is 0.414. The molecule has 0 saturated heterocycles. The monoisotopic (exact) mass is 292 g/mol. The molecule has 0 fully saturated rings. The van der Waals surface area contributed by atoms with Crippen molar-refractivity contribution in [3.63, 3.8) is 0 Å². The van der Waals surface area contributed by atoms with E-state index in [0.717, 1.165) is 17.9 Å². The largest absolute Gasteiger partial charge is 0.497 e. The average molecular weight is 292 g/mol. The molecule has 0 aromatic heterocycles. The van der Waals surface area contributed by atoms with Crippen LogP contribution < -0.4 is 9.47 Å². The molecule has 3 aromatic carbocycles. The molecule has 0 bridgehead atoms. The Morgan fingerprint density at radius 2 is 1.36 bits per heavy atom. The van der Waals surface area contributed by atoms with Crippen molar-refractivity contribution < 1.29 is 9.47 Å². The van der Waals surface area contributed by atoms with Crippen LogP contribution in [0, 0.1) is 0 Å². The summed E-state index contributed by atoms with van der Waals surface area (Å²) in [5.41, 5.74) is 3.80. The number of fused-ring (bicyclic) bond motifs is 1.